The molecule has 1 amide bonds. The number of benzene rings is 2. The lowest BCUT2D eigenvalue weighted by Crippen LogP contribution is -2.29. The molecule has 0 spiro atoms. The van der Waals surface area contributed by atoms with E-state index in [4.69, 9.17) is 23.4 Å². The quantitative estimate of drug-likeness (QED) is 0.186. The van der Waals surface area contributed by atoms with Gasteiger partial charge >= 0.3 is 11.6 Å². The monoisotopic (exact) mass is 469 g/mol. The summed E-state index contributed by atoms with van der Waals surface area (Å²) in [5.41, 5.74) is -0.642. The van der Waals surface area contributed by atoms with Crippen molar-refractivity contribution in [1.29, 1.82) is 0 Å². The SMILES string of the molecule is COCCCNC(=O)c1cc2ccc(OC(=O)CCCOc3ccc(OC)cc3)cc2oc1=O. The molecular formula is C25H27NO8. The number of amides is 1. The van der Waals surface area contributed by atoms with Crippen LogP contribution in [0.3, 0.4) is 0 Å². The van der Waals surface area contributed by atoms with Crippen molar-refractivity contribution in [2.45, 2.75) is 19.3 Å². The molecule has 0 bridgehead atoms. The molecule has 0 aliphatic rings. The molecule has 1 heterocycles. The number of hydrogen-bond donors (Lipinski definition) is 1. The van der Waals surface area contributed by atoms with E-state index in [1.165, 1.54) is 12.1 Å². The van der Waals surface area contributed by atoms with Crippen LogP contribution in [-0.4, -0.2) is 45.9 Å². The number of carbonyl (C=O) groups is 2. The zero-order valence-corrected chi connectivity index (χ0v) is 19.1. The molecule has 0 atom stereocenters. The van der Waals surface area contributed by atoms with Crippen molar-refractivity contribution >= 4 is 22.8 Å². The molecule has 0 saturated carbocycles. The predicted molar refractivity (Wildman–Crippen MR) is 125 cm³/mol. The minimum Gasteiger partial charge on any atom is -0.497 e. The lowest BCUT2D eigenvalue weighted by molar-refractivity contribution is -0.134. The molecule has 9 heteroatoms. The highest BCUT2D eigenvalue weighted by Crippen LogP contribution is 2.21. The Morgan fingerprint density at radius 1 is 0.912 bits per heavy atom. The Morgan fingerprint density at radius 3 is 2.38 bits per heavy atom. The fraction of sp³-hybridized carbons (Fsp3) is 0.320. The maximum Gasteiger partial charge on any atom is 0.349 e. The lowest BCUT2D eigenvalue weighted by atomic mass is 10.1. The number of esters is 1. The molecule has 0 aliphatic heterocycles. The van der Waals surface area contributed by atoms with Gasteiger partial charge in [0.05, 0.1) is 13.7 Å². The van der Waals surface area contributed by atoms with Gasteiger partial charge in [-0.15, -0.1) is 0 Å². The van der Waals surface area contributed by atoms with Crippen LogP contribution in [0, 0.1) is 0 Å². The summed E-state index contributed by atoms with van der Waals surface area (Å²) < 4.78 is 26.2. The fourth-order valence-electron chi connectivity index (χ4n) is 3.09. The molecule has 34 heavy (non-hydrogen) atoms. The second kappa shape index (κ2) is 12.4. The molecular weight excluding hydrogens is 442 g/mol. The molecule has 9 nitrogen and oxygen atoms in total. The third-order valence-electron chi connectivity index (χ3n) is 4.85. The molecule has 0 saturated heterocycles. The van der Waals surface area contributed by atoms with Crippen LogP contribution < -0.4 is 25.2 Å². The normalized spacial score (nSPS) is 10.6. The zero-order valence-electron chi connectivity index (χ0n) is 19.1. The van der Waals surface area contributed by atoms with Crippen molar-refractivity contribution in [3.63, 3.8) is 0 Å². The van der Waals surface area contributed by atoms with E-state index in [9.17, 15) is 14.4 Å². The molecule has 0 fully saturated rings. The van der Waals surface area contributed by atoms with E-state index in [0.717, 1.165) is 5.75 Å². The van der Waals surface area contributed by atoms with Crippen LogP contribution in [0.4, 0.5) is 0 Å². The van der Waals surface area contributed by atoms with Gasteiger partial charge in [0.1, 0.15) is 28.4 Å². The van der Waals surface area contributed by atoms with Crippen LogP contribution in [0.1, 0.15) is 29.6 Å². The number of rotatable bonds is 12. The van der Waals surface area contributed by atoms with Crippen molar-refractivity contribution in [3.8, 4) is 17.2 Å². The summed E-state index contributed by atoms with van der Waals surface area (Å²) in [6, 6.07) is 13.3. The lowest BCUT2D eigenvalue weighted by Gasteiger charge is -2.08. The van der Waals surface area contributed by atoms with Gasteiger partial charge in [-0.05, 0) is 55.3 Å². The van der Waals surface area contributed by atoms with Crippen LogP contribution >= 0.6 is 0 Å². The first-order valence-electron chi connectivity index (χ1n) is 10.8. The Bertz CT molecular complexity index is 1170. The number of methoxy groups -OCH3 is 2. The summed E-state index contributed by atoms with van der Waals surface area (Å²) in [6.45, 7) is 1.23. The molecule has 1 N–H and O–H groups in total. The Labute approximate surface area is 196 Å². The number of fused-ring (bicyclic) bond motifs is 1. The van der Waals surface area contributed by atoms with Gasteiger partial charge in [0.2, 0.25) is 0 Å². The third-order valence-corrected chi connectivity index (χ3v) is 4.85. The average molecular weight is 469 g/mol. The summed E-state index contributed by atoms with van der Waals surface area (Å²) >= 11 is 0. The smallest absolute Gasteiger partial charge is 0.349 e. The standard InChI is InChI=1S/C25H27NO8/c1-30-13-4-12-26-24(28)21-15-17-6-7-20(16-22(17)34-25(21)29)33-23(27)5-3-14-32-19-10-8-18(31-2)9-11-19/h6-11,15-16H,3-5,12-14H2,1-2H3,(H,26,28). The van der Waals surface area contributed by atoms with Gasteiger partial charge in [-0.25, -0.2) is 4.79 Å². The number of nitrogens with one attached hydrogen (secondary N) is 1. The summed E-state index contributed by atoms with van der Waals surface area (Å²) in [6.07, 6.45) is 1.25. The van der Waals surface area contributed by atoms with E-state index in [2.05, 4.69) is 5.32 Å². The predicted octanol–water partition coefficient (Wildman–Crippen LogP) is 3.33. The molecule has 2 aromatic carbocycles. The van der Waals surface area contributed by atoms with Crippen molar-refractivity contribution in [1.82, 2.24) is 5.32 Å². The highest BCUT2D eigenvalue weighted by atomic mass is 16.5. The second-order valence-corrected chi connectivity index (χ2v) is 7.35. The first kappa shape index (κ1) is 24.8. The van der Waals surface area contributed by atoms with E-state index in [1.807, 2.05) is 0 Å². The maximum absolute atomic E-state index is 12.2. The minimum atomic E-state index is -0.768. The van der Waals surface area contributed by atoms with Crippen LogP contribution in [0.15, 0.2) is 57.7 Å². The highest BCUT2D eigenvalue weighted by molar-refractivity contribution is 5.96. The van der Waals surface area contributed by atoms with Gasteiger partial charge in [0.15, 0.2) is 0 Å². The second-order valence-electron chi connectivity index (χ2n) is 7.35. The summed E-state index contributed by atoms with van der Waals surface area (Å²) in [5, 5.41) is 3.19. The minimum absolute atomic E-state index is 0.0912. The zero-order chi connectivity index (χ0) is 24.3. The van der Waals surface area contributed by atoms with Crippen LogP contribution in [-0.2, 0) is 9.53 Å². The van der Waals surface area contributed by atoms with Gasteiger partial charge in [-0.1, -0.05) is 0 Å². The summed E-state index contributed by atoms with van der Waals surface area (Å²) in [5.74, 6) is 0.709. The van der Waals surface area contributed by atoms with Crippen molar-refractivity contribution in [2.24, 2.45) is 0 Å². The Kier molecular flexibility index (Phi) is 9.04. The average Bonchev–Trinajstić information content (AvgIpc) is 2.84. The fourth-order valence-corrected chi connectivity index (χ4v) is 3.09. The van der Waals surface area contributed by atoms with Crippen molar-refractivity contribution in [3.05, 3.63) is 64.5 Å². The van der Waals surface area contributed by atoms with E-state index in [0.29, 0.717) is 43.7 Å². The third kappa shape index (κ3) is 7.08. The van der Waals surface area contributed by atoms with Gasteiger partial charge in [-0.3, -0.25) is 9.59 Å². The Morgan fingerprint density at radius 2 is 1.65 bits per heavy atom. The van der Waals surface area contributed by atoms with Gasteiger partial charge in [0.25, 0.3) is 5.91 Å². The number of ether oxygens (including phenoxy) is 4. The molecule has 1 aromatic heterocycles. The van der Waals surface area contributed by atoms with E-state index in [-0.39, 0.29) is 23.3 Å². The van der Waals surface area contributed by atoms with E-state index >= 15 is 0 Å². The summed E-state index contributed by atoms with van der Waals surface area (Å²) in [7, 11) is 3.16. The Hall–Kier alpha value is -3.85. The van der Waals surface area contributed by atoms with Gasteiger partial charge in [-0.2, -0.15) is 0 Å². The van der Waals surface area contributed by atoms with E-state index in [1.54, 1.807) is 50.6 Å². The highest BCUT2D eigenvalue weighted by Gasteiger charge is 2.14. The molecule has 3 rings (SSSR count). The number of carbonyl (C=O) groups excluding carboxylic acids is 2. The molecule has 180 valence electrons. The van der Waals surface area contributed by atoms with Crippen LogP contribution in [0.5, 0.6) is 17.2 Å². The van der Waals surface area contributed by atoms with Crippen molar-refractivity contribution in [2.75, 3.05) is 34.0 Å². The largest absolute Gasteiger partial charge is 0.497 e. The first-order chi connectivity index (χ1) is 16.5. The Balaban J connectivity index is 1.51. The van der Waals surface area contributed by atoms with Gasteiger partial charge in [0, 0.05) is 38.1 Å². The molecule has 3 aromatic rings. The summed E-state index contributed by atoms with van der Waals surface area (Å²) in [4.78, 5) is 36.6. The van der Waals surface area contributed by atoms with Crippen LogP contribution in [0.25, 0.3) is 11.0 Å². The molecule has 0 aliphatic carbocycles. The van der Waals surface area contributed by atoms with Crippen LogP contribution in [0.2, 0.25) is 0 Å². The first-order valence-corrected chi connectivity index (χ1v) is 10.8. The topological polar surface area (TPSA) is 113 Å². The molecule has 0 radical (unpaired) electrons. The van der Waals surface area contributed by atoms with Crippen molar-refractivity contribution < 1.29 is 33.0 Å². The maximum atomic E-state index is 12.2. The molecule has 0 unspecified atom stereocenters. The van der Waals surface area contributed by atoms with E-state index < -0.39 is 17.5 Å². The number of hydrogen-bond acceptors (Lipinski definition) is 8. The van der Waals surface area contributed by atoms with Gasteiger partial charge < -0.3 is 28.7 Å².